The van der Waals surface area contributed by atoms with Crippen molar-refractivity contribution in [3.8, 4) is 5.69 Å². The standard InChI is InChI=1S/C20H19NO/c1-15-8-10-19(11-9-15)21-13-16(2)18(14-21)12-20(22)17-6-4-3-5-7-17/h3-11,13-14H,12H2,1-2H3. The van der Waals surface area contributed by atoms with Gasteiger partial charge in [-0.2, -0.15) is 0 Å². The first-order valence-electron chi connectivity index (χ1n) is 7.46. The fourth-order valence-electron chi connectivity index (χ4n) is 2.55. The van der Waals surface area contributed by atoms with Crippen LogP contribution in [-0.2, 0) is 6.42 Å². The third kappa shape index (κ3) is 3.01. The molecule has 2 aromatic carbocycles. The Labute approximate surface area is 131 Å². The molecule has 0 saturated heterocycles. The minimum atomic E-state index is 0.158. The predicted octanol–water partition coefficient (Wildman–Crippen LogP) is 4.52. The van der Waals surface area contributed by atoms with Crippen LogP contribution in [0.25, 0.3) is 5.69 Å². The smallest absolute Gasteiger partial charge is 0.167 e. The summed E-state index contributed by atoms with van der Waals surface area (Å²) < 4.78 is 2.09. The van der Waals surface area contributed by atoms with E-state index in [1.807, 2.05) is 30.3 Å². The highest BCUT2D eigenvalue weighted by Gasteiger charge is 2.11. The van der Waals surface area contributed by atoms with Crippen molar-refractivity contribution in [3.05, 3.63) is 89.2 Å². The zero-order valence-corrected chi connectivity index (χ0v) is 12.9. The number of ketones is 1. The van der Waals surface area contributed by atoms with E-state index in [1.165, 1.54) is 5.56 Å². The highest BCUT2D eigenvalue weighted by atomic mass is 16.1. The van der Waals surface area contributed by atoms with Gasteiger partial charge in [0.25, 0.3) is 0 Å². The maximum absolute atomic E-state index is 12.3. The van der Waals surface area contributed by atoms with E-state index < -0.39 is 0 Å². The number of benzene rings is 2. The molecule has 0 N–H and O–H groups in total. The first-order valence-corrected chi connectivity index (χ1v) is 7.46. The van der Waals surface area contributed by atoms with Gasteiger partial charge in [0.15, 0.2) is 5.78 Å². The van der Waals surface area contributed by atoms with Crippen LogP contribution >= 0.6 is 0 Å². The lowest BCUT2D eigenvalue weighted by molar-refractivity contribution is 0.0993. The zero-order valence-electron chi connectivity index (χ0n) is 12.9. The molecule has 0 unspecified atom stereocenters. The van der Waals surface area contributed by atoms with Gasteiger partial charge >= 0.3 is 0 Å². The molecule has 0 aliphatic rings. The topological polar surface area (TPSA) is 22.0 Å². The van der Waals surface area contributed by atoms with Crippen molar-refractivity contribution in [2.24, 2.45) is 0 Å². The van der Waals surface area contributed by atoms with E-state index >= 15 is 0 Å². The molecule has 0 spiro atoms. The highest BCUT2D eigenvalue weighted by Crippen LogP contribution is 2.18. The van der Waals surface area contributed by atoms with Crippen LogP contribution < -0.4 is 0 Å². The Morgan fingerprint density at radius 3 is 2.27 bits per heavy atom. The molecule has 0 saturated carbocycles. The SMILES string of the molecule is Cc1ccc(-n2cc(C)c(CC(=O)c3ccccc3)c2)cc1. The monoisotopic (exact) mass is 289 g/mol. The summed E-state index contributed by atoms with van der Waals surface area (Å²) in [6, 6.07) is 17.8. The Balaban J connectivity index is 1.84. The molecule has 0 radical (unpaired) electrons. The first kappa shape index (κ1) is 14.3. The molecule has 3 rings (SSSR count). The summed E-state index contributed by atoms with van der Waals surface area (Å²) in [5, 5.41) is 0. The zero-order chi connectivity index (χ0) is 15.5. The van der Waals surface area contributed by atoms with Gasteiger partial charge in [-0.15, -0.1) is 0 Å². The molecular weight excluding hydrogens is 270 g/mol. The van der Waals surface area contributed by atoms with Crippen LogP contribution in [0.2, 0.25) is 0 Å². The minimum Gasteiger partial charge on any atom is -0.323 e. The molecule has 0 aliphatic carbocycles. The van der Waals surface area contributed by atoms with Crippen molar-refractivity contribution in [2.75, 3.05) is 0 Å². The number of carbonyl (C=O) groups excluding carboxylic acids is 1. The van der Waals surface area contributed by atoms with E-state index in [-0.39, 0.29) is 5.78 Å². The molecule has 1 heterocycles. The number of rotatable bonds is 4. The second-order valence-corrected chi connectivity index (χ2v) is 5.68. The van der Waals surface area contributed by atoms with E-state index in [2.05, 4.69) is 55.1 Å². The number of nitrogens with zero attached hydrogens (tertiary/aromatic N) is 1. The van der Waals surface area contributed by atoms with E-state index in [0.717, 1.165) is 22.4 Å². The van der Waals surface area contributed by atoms with Gasteiger partial charge in [-0.3, -0.25) is 4.79 Å². The van der Waals surface area contributed by atoms with Crippen LogP contribution in [0.15, 0.2) is 67.0 Å². The Morgan fingerprint density at radius 1 is 0.909 bits per heavy atom. The van der Waals surface area contributed by atoms with E-state index in [1.54, 1.807) is 0 Å². The van der Waals surface area contributed by atoms with Gasteiger partial charge in [0.2, 0.25) is 0 Å². The van der Waals surface area contributed by atoms with Crippen molar-refractivity contribution in [1.29, 1.82) is 0 Å². The maximum atomic E-state index is 12.3. The molecule has 0 fully saturated rings. The molecule has 2 heteroatoms. The van der Waals surface area contributed by atoms with Crippen LogP contribution in [-0.4, -0.2) is 10.4 Å². The second kappa shape index (κ2) is 6.02. The van der Waals surface area contributed by atoms with Gasteiger partial charge in [0.1, 0.15) is 0 Å². The van der Waals surface area contributed by atoms with Crippen LogP contribution in [0, 0.1) is 13.8 Å². The van der Waals surface area contributed by atoms with E-state index in [4.69, 9.17) is 0 Å². The van der Waals surface area contributed by atoms with Gasteiger partial charge in [-0.05, 0) is 37.1 Å². The average molecular weight is 289 g/mol. The molecule has 110 valence electrons. The minimum absolute atomic E-state index is 0.158. The quantitative estimate of drug-likeness (QED) is 0.647. The maximum Gasteiger partial charge on any atom is 0.167 e. The van der Waals surface area contributed by atoms with Crippen molar-refractivity contribution < 1.29 is 4.79 Å². The summed E-state index contributed by atoms with van der Waals surface area (Å²) >= 11 is 0. The number of aryl methyl sites for hydroxylation is 2. The number of hydrogen-bond acceptors (Lipinski definition) is 1. The second-order valence-electron chi connectivity index (χ2n) is 5.68. The summed E-state index contributed by atoms with van der Waals surface area (Å²) in [5.41, 5.74) is 5.35. The molecule has 0 bridgehead atoms. The molecule has 0 amide bonds. The molecule has 0 aliphatic heterocycles. The van der Waals surface area contributed by atoms with Crippen LogP contribution in [0.5, 0.6) is 0 Å². The van der Waals surface area contributed by atoms with E-state index in [9.17, 15) is 4.79 Å². The lowest BCUT2D eigenvalue weighted by atomic mass is 10.0. The van der Waals surface area contributed by atoms with Crippen LogP contribution in [0.1, 0.15) is 27.0 Å². The van der Waals surface area contributed by atoms with Gasteiger partial charge < -0.3 is 4.57 Å². The molecule has 3 aromatic rings. The van der Waals surface area contributed by atoms with Crippen molar-refractivity contribution in [3.63, 3.8) is 0 Å². The third-order valence-corrected chi connectivity index (χ3v) is 3.91. The van der Waals surface area contributed by atoms with Gasteiger partial charge in [-0.25, -0.2) is 0 Å². The van der Waals surface area contributed by atoms with Gasteiger partial charge in [0.05, 0.1) is 0 Å². The lowest BCUT2D eigenvalue weighted by Crippen LogP contribution is -2.03. The summed E-state index contributed by atoms with van der Waals surface area (Å²) in [6.07, 6.45) is 4.58. The van der Waals surface area contributed by atoms with Gasteiger partial charge in [0, 0.05) is 30.1 Å². The summed E-state index contributed by atoms with van der Waals surface area (Å²) in [4.78, 5) is 12.3. The number of aromatic nitrogens is 1. The number of hydrogen-bond donors (Lipinski definition) is 0. The Hall–Kier alpha value is -2.61. The Bertz CT molecular complexity index is 782. The predicted molar refractivity (Wildman–Crippen MR) is 89.7 cm³/mol. The number of Topliss-reactive ketones (excluding diaryl/α,β-unsaturated/α-hetero) is 1. The fourth-order valence-corrected chi connectivity index (χ4v) is 2.55. The first-order chi connectivity index (χ1) is 10.6. The molecule has 0 atom stereocenters. The largest absolute Gasteiger partial charge is 0.323 e. The third-order valence-electron chi connectivity index (χ3n) is 3.91. The highest BCUT2D eigenvalue weighted by molar-refractivity contribution is 5.97. The molecular formula is C20H19NO. The van der Waals surface area contributed by atoms with E-state index in [0.29, 0.717) is 6.42 Å². The van der Waals surface area contributed by atoms with Crippen molar-refractivity contribution in [2.45, 2.75) is 20.3 Å². The van der Waals surface area contributed by atoms with Crippen LogP contribution in [0.3, 0.4) is 0 Å². The molecule has 2 nitrogen and oxygen atoms in total. The molecule has 22 heavy (non-hydrogen) atoms. The van der Waals surface area contributed by atoms with Crippen molar-refractivity contribution >= 4 is 5.78 Å². The Kier molecular flexibility index (Phi) is 3.92. The average Bonchev–Trinajstić information content (AvgIpc) is 2.90. The fraction of sp³-hybridized carbons (Fsp3) is 0.150. The summed E-state index contributed by atoms with van der Waals surface area (Å²) in [7, 11) is 0. The summed E-state index contributed by atoms with van der Waals surface area (Å²) in [6.45, 7) is 4.13. The van der Waals surface area contributed by atoms with Gasteiger partial charge in [-0.1, -0.05) is 48.0 Å². The normalized spacial score (nSPS) is 10.6. The summed E-state index contributed by atoms with van der Waals surface area (Å²) in [5.74, 6) is 0.158. The number of carbonyl (C=O) groups is 1. The molecule has 1 aromatic heterocycles. The lowest BCUT2D eigenvalue weighted by Gasteiger charge is -2.03. The Morgan fingerprint density at radius 2 is 1.59 bits per heavy atom. The van der Waals surface area contributed by atoms with Crippen LogP contribution in [0.4, 0.5) is 0 Å². The van der Waals surface area contributed by atoms with Crippen molar-refractivity contribution in [1.82, 2.24) is 4.57 Å².